The van der Waals surface area contributed by atoms with E-state index in [0.717, 1.165) is 0 Å². The number of nitrogens with one attached hydrogen (secondary N) is 1. The smallest absolute Gasteiger partial charge is 0.322 e. The molecule has 2 atom stereocenters. The van der Waals surface area contributed by atoms with Crippen LogP contribution in [0.4, 0.5) is 0 Å². The van der Waals surface area contributed by atoms with E-state index in [1.807, 2.05) is 6.92 Å². The van der Waals surface area contributed by atoms with Gasteiger partial charge in [-0.3, -0.25) is 4.79 Å². The van der Waals surface area contributed by atoms with Gasteiger partial charge in [0.25, 0.3) is 0 Å². The van der Waals surface area contributed by atoms with Crippen LogP contribution < -0.4 is 11.1 Å². The van der Waals surface area contributed by atoms with Crippen LogP contribution in [0.25, 0.3) is 0 Å². The molecule has 0 aromatic carbocycles. The number of nitrogens with two attached hydrogens (primary N) is 1. The summed E-state index contributed by atoms with van der Waals surface area (Å²) in [6.45, 7) is 2.43. The molecule has 5 heteroatoms. The van der Waals surface area contributed by atoms with Gasteiger partial charge in [-0.05, 0) is 6.92 Å². The molecule has 4 N–H and O–H groups in total. The first-order valence-corrected chi connectivity index (χ1v) is 3.80. The van der Waals surface area contributed by atoms with Gasteiger partial charge in [0.1, 0.15) is 6.04 Å². The van der Waals surface area contributed by atoms with E-state index in [1.54, 1.807) is 7.11 Å². The van der Waals surface area contributed by atoms with E-state index in [2.05, 4.69) is 5.32 Å². The van der Waals surface area contributed by atoms with Gasteiger partial charge in [0.05, 0.1) is 6.10 Å². The fourth-order valence-corrected chi connectivity index (χ4v) is 0.663. The SMILES string of the molecule is COC(C)CNC(CN)C(=O)O. The summed E-state index contributed by atoms with van der Waals surface area (Å²) in [6, 6.07) is -0.678. The Balaban J connectivity index is 3.65. The molecule has 0 spiro atoms. The van der Waals surface area contributed by atoms with Gasteiger partial charge in [-0.2, -0.15) is 0 Å². The maximum Gasteiger partial charge on any atom is 0.322 e. The molecule has 0 aliphatic heterocycles. The summed E-state index contributed by atoms with van der Waals surface area (Å²) in [4.78, 5) is 10.4. The van der Waals surface area contributed by atoms with Crippen LogP contribution in [0.2, 0.25) is 0 Å². The summed E-state index contributed by atoms with van der Waals surface area (Å²) in [7, 11) is 1.57. The van der Waals surface area contributed by atoms with Crippen molar-refractivity contribution in [3.8, 4) is 0 Å². The summed E-state index contributed by atoms with van der Waals surface area (Å²) < 4.78 is 4.93. The molecule has 0 amide bonds. The molecule has 12 heavy (non-hydrogen) atoms. The van der Waals surface area contributed by atoms with E-state index >= 15 is 0 Å². The van der Waals surface area contributed by atoms with Gasteiger partial charge in [0.15, 0.2) is 0 Å². The van der Waals surface area contributed by atoms with Crippen molar-refractivity contribution in [3.05, 3.63) is 0 Å². The molecule has 0 rings (SSSR count). The van der Waals surface area contributed by atoms with E-state index in [9.17, 15) is 4.79 Å². The normalized spacial score (nSPS) is 15.6. The topological polar surface area (TPSA) is 84.6 Å². The highest BCUT2D eigenvalue weighted by Crippen LogP contribution is 1.86. The molecule has 0 aliphatic rings. The number of carboxylic acids is 1. The molecular weight excluding hydrogens is 160 g/mol. The Labute approximate surface area is 71.9 Å². The predicted molar refractivity (Wildman–Crippen MR) is 45.0 cm³/mol. The average Bonchev–Trinajstić information content (AvgIpc) is 2.04. The van der Waals surface area contributed by atoms with Crippen LogP contribution in [0, 0.1) is 0 Å². The fraction of sp³-hybridized carbons (Fsp3) is 0.857. The Morgan fingerprint density at radius 3 is 2.67 bits per heavy atom. The van der Waals surface area contributed by atoms with Crippen LogP contribution in [-0.4, -0.2) is 43.4 Å². The van der Waals surface area contributed by atoms with Crippen LogP contribution >= 0.6 is 0 Å². The van der Waals surface area contributed by atoms with Crippen molar-refractivity contribution in [1.29, 1.82) is 0 Å². The lowest BCUT2D eigenvalue weighted by Gasteiger charge is -2.15. The highest BCUT2D eigenvalue weighted by atomic mass is 16.5. The van der Waals surface area contributed by atoms with Crippen LogP contribution in [0.3, 0.4) is 0 Å². The molecular formula is C7H16N2O3. The largest absolute Gasteiger partial charge is 0.480 e. The zero-order valence-electron chi connectivity index (χ0n) is 7.41. The Bertz CT molecular complexity index is 141. The minimum absolute atomic E-state index is 0.00148. The maximum atomic E-state index is 10.4. The first-order chi connectivity index (χ1) is 5.61. The molecule has 72 valence electrons. The zero-order chi connectivity index (χ0) is 9.56. The van der Waals surface area contributed by atoms with Crippen LogP contribution in [0.1, 0.15) is 6.92 Å². The number of hydrogen-bond donors (Lipinski definition) is 3. The molecule has 0 aromatic rings. The Hall–Kier alpha value is -0.650. The maximum absolute atomic E-state index is 10.4. The first kappa shape index (κ1) is 11.4. The van der Waals surface area contributed by atoms with E-state index < -0.39 is 12.0 Å². The lowest BCUT2D eigenvalue weighted by molar-refractivity contribution is -0.139. The highest BCUT2D eigenvalue weighted by molar-refractivity contribution is 5.73. The Morgan fingerprint density at radius 2 is 2.33 bits per heavy atom. The molecule has 0 fully saturated rings. The third kappa shape index (κ3) is 4.27. The summed E-state index contributed by atoms with van der Waals surface area (Å²) in [5.74, 6) is -0.930. The van der Waals surface area contributed by atoms with Gasteiger partial charge < -0.3 is 20.9 Å². The lowest BCUT2D eigenvalue weighted by atomic mass is 10.3. The second kappa shape index (κ2) is 5.93. The number of carbonyl (C=O) groups is 1. The molecule has 0 saturated heterocycles. The number of aliphatic carboxylic acids is 1. The zero-order valence-corrected chi connectivity index (χ0v) is 7.41. The van der Waals surface area contributed by atoms with E-state index in [1.165, 1.54) is 0 Å². The van der Waals surface area contributed by atoms with Gasteiger partial charge in [0, 0.05) is 20.2 Å². The number of hydrogen-bond acceptors (Lipinski definition) is 4. The molecule has 0 radical (unpaired) electrons. The second-order valence-corrected chi connectivity index (χ2v) is 2.58. The summed E-state index contributed by atoms with van der Waals surface area (Å²) in [5, 5.41) is 11.3. The van der Waals surface area contributed by atoms with Gasteiger partial charge in [0.2, 0.25) is 0 Å². The Morgan fingerprint density at radius 1 is 1.75 bits per heavy atom. The number of rotatable bonds is 6. The quantitative estimate of drug-likeness (QED) is 0.484. The Kier molecular flexibility index (Phi) is 5.61. The monoisotopic (exact) mass is 176 g/mol. The van der Waals surface area contributed by atoms with Gasteiger partial charge in [-0.1, -0.05) is 0 Å². The minimum Gasteiger partial charge on any atom is -0.480 e. The molecule has 2 unspecified atom stereocenters. The minimum atomic E-state index is -0.930. The average molecular weight is 176 g/mol. The predicted octanol–water partition coefficient (Wildman–Crippen LogP) is -0.977. The van der Waals surface area contributed by atoms with Crippen molar-refractivity contribution in [2.75, 3.05) is 20.2 Å². The molecule has 0 saturated carbocycles. The number of carboxylic acid groups (broad SMARTS) is 1. The fourth-order valence-electron chi connectivity index (χ4n) is 0.663. The van der Waals surface area contributed by atoms with E-state index in [0.29, 0.717) is 6.54 Å². The van der Waals surface area contributed by atoms with Crippen LogP contribution in [-0.2, 0) is 9.53 Å². The molecule has 5 nitrogen and oxygen atoms in total. The van der Waals surface area contributed by atoms with Crippen LogP contribution in [0.15, 0.2) is 0 Å². The first-order valence-electron chi connectivity index (χ1n) is 3.80. The van der Waals surface area contributed by atoms with Crippen molar-refractivity contribution in [2.24, 2.45) is 5.73 Å². The second-order valence-electron chi connectivity index (χ2n) is 2.58. The van der Waals surface area contributed by atoms with Crippen LogP contribution in [0.5, 0.6) is 0 Å². The third-order valence-electron chi connectivity index (χ3n) is 1.59. The van der Waals surface area contributed by atoms with Crippen molar-refractivity contribution in [1.82, 2.24) is 5.32 Å². The van der Waals surface area contributed by atoms with Gasteiger partial charge in [-0.15, -0.1) is 0 Å². The van der Waals surface area contributed by atoms with Crippen molar-refractivity contribution >= 4 is 5.97 Å². The molecule has 0 aromatic heterocycles. The summed E-state index contributed by atoms with van der Waals surface area (Å²) in [6.07, 6.45) is -0.00148. The molecule has 0 aliphatic carbocycles. The third-order valence-corrected chi connectivity index (χ3v) is 1.59. The highest BCUT2D eigenvalue weighted by Gasteiger charge is 2.14. The molecule has 0 bridgehead atoms. The lowest BCUT2D eigenvalue weighted by Crippen LogP contribution is -2.45. The number of methoxy groups -OCH3 is 1. The molecule has 0 heterocycles. The summed E-state index contributed by atoms with van der Waals surface area (Å²) in [5.41, 5.74) is 5.22. The summed E-state index contributed by atoms with van der Waals surface area (Å²) >= 11 is 0. The standard InChI is InChI=1S/C7H16N2O3/c1-5(12-2)4-9-6(3-8)7(10)11/h5-6,9H,3-4,8H2,1-2H3,(H,10,11). The van der Waals surface area contributed by atoms with E-state index in [4.69, 9.17) is 15.6 Å². The van der Waals surface area contributed by atoms with E-state index in [-0.39, 0.29) is 12.6 Å². The number of ether oxygens (including phenoxy) is 1. The van der Waals surface area contributed by atoms with Gasteiger partial charge >= 0.3 is 5.97 Å². The van der Waals surface area contributed by atoms with Gasteiger partial charge in [-0.25, -0.2) is 0 Å². The van der Waals surface area contributed by atoms with Crippen molar-refractivity contribution < 1.29 is 14.6 Å². The van der Waals surface area contributed by atoms with Crippen molar-refractivity contribution in [3.63, 3.8) is 0 Å². The van der Waals surface area contributed by atoms with Crippen molar-refractivity contribution in [2.45, 2.75) is 19.1 Å².